The van der Waals surface area contributed by atoms with E-state index in [1.807, 2.05) is 6.20 Å². The molecule has 0 spiro atoms. The van der Waals surface area contributed by atoms with Gasteiger partial charge in [0.2, 0.25) is 11.8 Å². The Morgan fingerprint density at radius 2 is 2.04 bits per heavy atom. The van der Waals surface area contributed by atoms with Crippen LogP contribution in [0.5, 0.6) is 0 Å². The molecule has 0 aliphatic carbocycles. The van der Waals surface area contributed by atoms with Crippen LogP contribution >= 0.6 is 11.6 Å². The average Bonchev–Trinajstić information content (AvgIpc) is 3.25. The van der Waals surface area contributed by atoms with Crippen molar-refractivity contribution in [1.82, 2.24) is 9.88 Å². The lowest BCUT2D eigenvalue weighted by Gasteiger charge is -2.16. The van der Waals surface area contributed by atoms with Crippen LogP contribution in [0.2, 0.25) is 5.02 Å². The molecule has 1 saturated heterocycles. The van der Waals surface area contributed by atoms with Crippen molar-refractivity contribution in [3.63, 3.8) is 0 Å². The highest BCUT2D eigenvalue weighted by molar-refractivity contribution is 6.30. The fourth-order valence-electron chi connectivity index (χ4n) is 3.70. The number of nitrogens with one attached hydrogen (secondary N) is 2. The summed E-state index contributed by atoms with van der Waals surface area (Å²) in [6.07, 6.45) is 3.03. The van der Waals surface area contributed by atoms with E-state index in [1.165, 1.54) is 16.5 Å². The molecule has 2 heterocycles. The largest absolute Gasteiger partial charge is 0.361 e. The molecule has 1 aromatic heterocycles. The molecular formula is C22H22ClN3O2. The van der Waals surface area contributed by atoms with Gasteiger partial charge < -0.3 is 15.2 Å². The number of hydrogen-bond donors (Lipinski definition) is 2. The van der Waals surface area contributed by atoms with E-state index in [2.05, 4.69) is 35.4 Å². The van der Waals surface area contributed by atoms with Gasteiger partial charge >= 0.3 is 0 Å². The van der Waals surface area contributed by atoms with Gasteiger partial charge in [0, 0.05) is 47.3 Å². The maximum absolute atomic E-state index is 12.5. The Kier molecular flexibility index (Phi) is 5.09. The first kappa shape index (κ1) is 18.6. The molecule has 5 nitrogen and oxygen atoms in total. The third-order valence-corrected chi connectivity index (χ3v) is 5.52. The van der Waals surface area contributed by atoms with E-state index in [-0.39, 0.29) is 24.2 Å². The van der Waals surface area contributed by atoms with Gasteiger partial charge in [-0.3, -0.25) is 9.59 Å². The number of aryl methyl sites for hydroxylation is 1. The summed E-state index contributed by atoms with van der Waals surface area (Å²) in [7, 11) is 0. The van der Waals surface area contributed by atoms with Gasteiger partial charge in [-0.2, -0.15) is 0 Å². The van der Waals surface area contributed by atoms with Gasteiger partial charge in [0.1, 0.15) is 0 Å². The van der Waals surface area contributed by atoms with Gasteiger partial charge in [0.05, 0.1) is 5.92 Å². The van der Waals surface area contributed by atoms with Crippen molar-refractivity contribution < 1.29 is 9.59 Å². The SMILES string of the molecule is Cc1ccc2[nH]cc(CCN3C[C@@H](C(=O)Nc4ccc(Cl)cc4)CC3=O)c2c1. The van der Waals surface area contributed by atoms with Gasteiger partial charge in [-0.25, -0.2) is 0 Å². The molecule has 6 heteroatoms. The molecule has 1 aliphatic rings. The van der Waals surface area contributed by atoms with Crippen molar-refractivity contribution in [1.29, 1.82) is 0 Å². The van der Waals surface area contributed by atoms with Crippen molar-refractivity contribution in [3.05, 3.63) is 64.8 Å². The monoisotopic (exact) mass is 395 g/mol. The normalized spacial score (nSPS) is 16.7. The maximum atomic E-state index is 12.5. The van der Waals surface area contributed by atoms with Gasteiger partial charge in [0.25, 0.3) is 0 Å². The van der Waals surface area contributed by atoms with Gasteiger partial charge in [-0.1, -0.05) is 23.2 Å². The topological polar surface area (TPSA) is 65.2 Å². The fraction of sp³-hybridized carbons (Fsp3) is 0.273. The Morgan fingerprint density at radius 1 is 1.25 bits per heavy atom. The number of nitrogens with zero attached hydrogens (tertiary/aromatic N) is 1. The minimum absolute atomic E-state index is 0.0345. The van der Waals surface area contributed by atoms with Gasteiger partial charge in [-0.15, -0.1) is 0 Å². The predicted molar refractivity (Wildman–Crippen MR) is 112 cm³/mol. The van der Waals surface area contributed by atoms with E-state index < -0.39 is 0 Å². The van der Waals surface area contributed by atoms with E-state index in [1.54, 1.807) is 29.2 Å². The lowest BCUT2D eigenvalue weighted by Crippen LogP contribution is -2.30. The second kappa shape index (κ2) is 7.68. The molecule has 4 rings (SSSR count). The molecule has 3 aromatic rings. The van der Waals surface area contributed by atoms with Crippen LogP contribution in [0.25, 0.3) is 10.9 Å². The highest BCUT2D eigenvalue weighted by Gasteiger charge is 2.34. The molecule has 144 valence electrons. The number of carbonyl (C=O) groups is 2. The Morgan fingerprint density at radius 3 is 2.82 bits per heavy atom. The third kappa shape index (κ3) is 3.90. The maximum Gasteiger partial charge on any atom is 0.229 e. The molecule has 1 aliphatic heterocycles. The van der Waals surface area contributed by atoms with Crippen LogP contribution in [0, 0.1) is 12.8 Å². The molecule has 2 N–H and O–H groups in total. The summed E-state index contributed by atoms with van der Waals surface area (Å²) in [6.45, 7) is 3.15. The number of carbonyl (C=O) groups excluding carboxylic acids is 2. The van der Waals surface area contributed by atoms with Crippen LogP contribution < -0.4 is 5.32 Å². The van der Waals surface area contributed by atoms with Crippen LogP contribution in [0.1, 0.15) is 17.5 Å². The standard InChI is InChI=1S/C22H22ClN3O2/c1-14-2-7-20-19(10-14)15(12-24-20)8-9-26-13-16(11-21(26)27)22(28)25-18-5-3-17(23)4-6-18/h2-7,10,12,16,24H,8-9,11,13H2,1H3,(H,25,28)/t16-/m0/s1. The first-order chi connectivity index (χ1) is 13.5. The molecule has 2 amide bonds. The van der Waals surface area contributed by atoms with Crippen LogP contribution in [0.3, 0.4) is 0 Å². The minimum Gasteiger partial charge on any atom is -0.361 e. The number of benzene rings is 2. The Hall–Kier alpha value is -2.79. The van der Waals surface area contributed by atoms with Crippen molar-refractivity contribution in [3.8, 4) is 0 Å². The van der Waals surface area contributed by atoms with Crippen LogP contribution in [0.4, 0.5) is 5.69 Å². The molecule has 0 radical (unpaired) electrons. The van der Waals surface area contributed by atoms with E-state index in [4.69, 9.17) is 11.6 Å². The van der Waals surface area contributed by atoms with Crippen molar-refractivity contribution in [2.24, 2.45) is 5.92 Å². The summed E-state index contributed by atoms with van der Waals surface area (Å²) in [5.74, 6) is -0.415. The first-order valence-corrected chi connectivity index (χ1v) is 9.78. The second-order valence-corrected chi connectivity index (χ2v) is 7.79. The van der Waals surface area contributed by atoms with Crippen LogP contribution in [0.15, 0.2) is 48.7 Å². The van der Waals surface area contributed by atoms with Crippen molar-refractivity contribution in [2.75, 3.05) is 18.4 Å². The first-order valence-electron chi connectivity index (χ1n) is 9.40. The zero-order valence-corrected chi connectivity index (χ0v) is 16.4. The summed E-state index contributed by atoms with van der Waals surface area (Å²) in [5, 5.41) is 4.69. The minimum atomic E-state index is -0.326. The van der Waals surface area contributed by atoms with E-state index >= 15 is 0 Å². The van der Waals surface area contributed by atoms with E-state index in [9.17, 15) is 9.59 Å². The van der Waals surface area contributed by atoms with Crippen molar-refractivity contribution in [2.45, 2.75) is 19.8 Å². The molecular weight excluding hydrogens is 374 g/mol. The van der Waals surface area contributed by atoms with E-state index in [0.29, 0.717) is 23.8 Å². The lowest BCUT2D eigenvalue weighted by molar-refractivity contribution is -0.128. The number of aromatic nitrogens is 1. The number of H-pyrrole nitrogens is 1. The number of hydrogen-bond acceptors (Lipinski definition) is 2. The number of anilines is 1. The molecule has 1 fully saturated rings. The second-order valence-electron chi connectivity index (χ2n) is 7.35. The number of halogens is 1. The Balaban J connectivity index is 1.37. The number of likely N-dealkylation sites (tertiary alicyclic amines) is 1. The average molecular weight is 396 g/mol. The summed E-state index contributed by atoms with van der Waals surface area (Å²) in [5.41, 5.74) is 4.20. The molecule has 1 atom stereocenters. The number of aromatic amines is 1. The quantitative estimate of drug-likeness (QED) is 0.681. The molecule has 0 unspecified atom stereocenters. The number of rotatable bonds is 5. The molecule has 0 saturated carbocycles. The highest BCUT2D eigenvalue weighted by atomic mass is 35.5. The zero-order chi connectivity index (χ0) is 19.7. The third-order valence-electron chi connectivity index (χ3n) is 5.27. The number of fused-ring (bicyclic) bond motifs is 1. The predicted octanol–water partition coefficient (Wildman–Crippen LogP) is 4.16. The number of amides is 2. The molecule has 0 bridgehead atoms. The summed E-state index contributed by atoms with van der Waals surface area (Å²) in [6, 6.07) is 13.3. The summed E-state index contributed by atoms with van der Waals surface area (Å²) in [4.78, 5) is 30.0. The highest BCUT2D eigenvalue weighted by Crippen LogP contribution is 2.24. The Bertz CT molecular complexity index is 1030. The summed E-state index contributed by atoms with van der Waals surface area (Å²) < 4.78 is 0. The Labute approximate surface area is 168 Å². The van der Waals surface area contributed by atoms with Gasteiger partial charge in [0.15, 0.2) is 0 Å². The fourth-order valence-corrected chi connectivity index (χ4v) is 3.82. The molecule has 2 aromatic carbocycles. The van der Waals surface area contributed by atoms with E-state index in [0.717, 1.165) is 11.9 Å². The lowest BCUT2D eigenvalue weighted by atomic mass is 10.1. The zero-order valence-electron chi connectivity index (χ0n) is 15.7. The molecule has 28 heavy (non-hydrogen) atoms. The smallest absolute Gasteiger partial charge is 0.229 e. The van der Waals surface area contributed by atoms with Crippen LogP contribution in [-0.4, -0.2) is 34.8 Å². The van der Waals surface area contributed by atoms with Crippen molar-refractivity contribution >= 4 is 40.0 Å². The van der Waals surface area contributed by atoms with Crippen LogP contribution in [-0.2, 0) is 16.0 Å². The van der Waals surface area contributed by atoms with Gasteiger partial charge in [-0.05, 0) is 55.3 Å². The summed E-state index contributed by atoms with van der Waals surface area (Å²) >= 11 is 5.87.